The summed E-state index contributed by atoms with van der Waals surface area (Å²) in [4.78, 5) is 0. The van der Waals surface area contributed by atoms with Gasteiger partial charge in [-0.25, -0.2) is 4.39 Å². The fourth-order valence-corrected chi connectivity index (χ4v) is 2.28. The van der Waals surface area contributed by atoms with Gasteiger partial charge in [-0.2, -0.15) is 0 Å². The van der Waals surface area contributed by atoms with Crippen LogP contribution in [-0.2, 0) is 4.74 Å². The van der Waals surface area contributed by atoms with Crippen LogP contribution in [-0.4, -0.2) is 31.9 Å². The van der Waals surface area contributed by atoms with Gasteiger partial charge in [0, 0.05) is 12.6 Å². The third kappa shape index (κ3) is 4.34. The molecule has 0 radical (unpaired) electrons. The van der Waals surface area contributed by atoms with E-state index in [9.17, 15) is 4.39 Å². The van der Waals surface area contributed by atoms with Crippen molar-refractivity contribution in [3.8, 4) is 5.75 Å². The fraction of sp³-hybridized carbons (Fsp3) is 0.571. The largest absolute Gasteiger partial charge is 0.491 e. The monoisotopic (exact) mass is 287 g/mol. The first-order valence-corrected chi connectivity index (χ1v) is 7.01. The van der Waals surface area contributed by atoms with Gasteiger partial charge < -0.3 is 14.8 Å². The molecule has 1 saturated heterocycles. The molecule has 19 heavy (non-hydrogen) atoms. The molecule has 0 saturated carbocycles. The molecule has 0 spiro atoms. The number of ether oxygens (including phenoxy) is 2. The maximum atomic E-state index is 13.0. The van der Waals surface area contributed by atoms with E-state index in [0.717, 1.165) is 25.9 Å². The molecule has 1 aliphatic rings. The first-order chi connectivity index (χ1) is 9.19. The Balaban J connectivity index is 1.75. The Bertz CT molecular complexity index is 416. The van der Waals surface area contributed by atoms with Gasteiger partial charge in [0.2, 0.25) is 0 Å². The Morgan fingerprint density at radius 2 is 2.21 bits per heavy atom. The van der Waals surface area contributed by atoms with E-state index >= 15 is 0 Å². The summed E-state index contributed by atoms with van der Waals surface area (Å²) in [7, 11) is 0. The molecule has 106 valence electrons. The summed E-state index contributed by atoms with van der Waals surface area (Å²) in [5.74, 6) is 0.141. The maximum absolute atomic E-state index is 13.0. The van der Waals surface area contributed by atoms with E-state index in [1.165, 1.54) is 12.1 Å². The number of nitrogens with one attached hydrogen (secondary N) is 1. The van der Waals surface area contributed by atoms with Gasteiger partial charge in [0.1, 0.15) is 18.2 Å². The van der Waals surface area contributed by atoms with Gasteiger partial charge in [0.15, 0.2) is 0 Å². The van der Waals surface area contributed by atoms with Crippen molar-refractivity contribution >= 4 is 11.6 Å². The summed E-state index contributed by atoms with van der Waals surface area (Å²) in [5.41, 5.74) is 0. The quantitative estimate of drug-likeness (QED) is 0.872. The first-order valence-electron chi connectivity index (χ1n) is 6.63. The SMILES string of the molecule is CCNCC1CCC(COc2ccc(F)c(Cl)c2)O1. The van der Waals surface area contributed by atoms with E-state index < -0.39 is 5.82 Å². The van der Waals surface area contributed by atoms with Crippen molar-refractivity contribution in [3.05, 3.63) is 29.0 Å². The van der Waals surface area contributed by atoms with E-state index in [0.29, 0.717) is 12.4 Å². The Labute approximate surface area is 118 Å². The van der Waals surface area contributed by atoms with Gasteiger partial charge in [-0.1, -0.05) is 18.5 Å². The third-order valence-corrected chi connectivity index (χ3v) is 3.43. The number of rotatable bonds is 6. The first kappa shape index (κ1) is 14.6. The summed E-state index contributed by atoms with van der Waals surface area (Å²) in [5, 5.41) is 3.35. The Hall–Kier alpha value is -0.840. The molecule has 0 aliphatic carbocycles. The predicted molar refractivity (Wildman–Crippen MR) is 73.3 cm³/mol. The molecule has 2 rings (SSSR count). The highest BCUT2D eigenvalue weighted by atomic mass is 35.5. The van der Waals surface area contributed by atoms with Crippen LogP contribution >= 0.6 is 11.6 Å². The average molecular weight is 288 g/mol. The average Bonchev–Trinajstić information content (AvgIpc) is 2.86. The highest BCUT2D eigenvalue weighted by Crippen LogP contribution is 2.23. The lowest BCUT2D eigenvalue weighted by molar-refractivity contribution is 0.0188. The normalized spacial score (nSPS) is 22.7. The van der Waals surface area contributed by atoms with Gasteiger partial charge in [-0.3, -0.25) is 0 Å². The lowest BCUT2D eigenvalue weighted by Gasteiger charge is -2.15. The molecule has 1 fully saturated rings. The molecule has 1 aliphatic heterocycles. The Morgan fingerprint density at radius 1 is 1.42 bits per heavy atom. The summed E-state index contributed by atoms with van der Waals surface area (Å²) in [6, 6.07) is 4.37. The highest BCUT2D eigenvalue weighted by molar-refractivity contribution is 6.30. The lowest BCUT2D eigenvalue weighted by atomic mass is 10.2. The van der Waals surface area contributed by atoms with Crippen LogP contribution in [0.4, 0.5) is 4.39 Å². The van der Waals surface area contributed by atoms with E-state index in [2.05, 4.69) is 12.2 Å². The predicted octanol–water partition coefficient (Wildman–Crippen LogP) is 3.02. The van der Waals surface area contributed by atoms with Gasteiger partial charge >= 0.3 is 0 Å². The Morgan fingerprint density at radius 3 is 2.95 bits per heavy atom. The summed E-state index contributed by atoms with van der Waals surface area (Å²) < 4.78 is 24.4. The molecule has 1 N–H and O–H groups in total. The van der Waals surface area contributed by atoms with Crippen LogP contribution in [0.3, 0.4) is 0 Å². The van der Waals surface area contributed by atoms with E-state index in [1.807, 2.05) is 0 Å². The van der Waals surface area contributed by atoms with Crippen LogP contribution in [0, 0.1) is 5.82 Å². The second-order valence-electron chi connectivity index (χ2n) is 4.65. The number of hydrogen-bond donors (Lipinski definition) is 1. The zero-order valence-electron chi connectivity index (χ0n) is 11.0. The zero-order chi connectivity index (χ0) is 13.7. The van der Waals surface area contributed by atoms with Crippen LogP contribution in [0.5, 0.6) is 5.75 Å². The van der Waals surface area contributed by atoms with Crippen molar-refractivity contribution in [1.29, 1.82) is 0 Å². The lowest BCUT2D eigenvalue weighted by Crippen LogP contribution is -2.28. The summed E-state index contributed by atoms with van der Waals surface area (Å²) >= 11 is 5.70. The highest BCUT2D eigenvalue weighted by Gasteiger charge is 2.25. The topological polar surface area (TPSA) is 30.5 Å². The van der Waals surface area contributed by atoms with Crippen LogP contribution in [0.25, 0.3) is 0 Å². The Kier molecular flexibility index (Phi) is 5.43. The molecule has 2 unspecified atom stereocenters. The molecule has 1 heterocycles. The van der Waals surface area contributed by atoms with Crippen LogP contribution in [0.2, 0.25) is 5.02 Å². The maximum Gasteiger partial charge on any atom is 0.142 e. The molecular weight excluding hydrogens is 269 g/mol. The van der Waals surface area contributed by atoms with Gasteiger partial charge in [-0.15, -0.1) is 0 Å². The van der Waals surface area contributed by atoms with Crippen LogP contribution in [0.15, 0.2) is 18.2 Å². The summed E-state index contributed by atoms with van der Waals surface area (Å²) in [6.07, 6.45) is 2.41. The van der Waals surface area contributed by atoms with Crippen LogP contribution < -0.4 is 10.1 Å². The van der Waals surface area contributed by atoms with Crippen molar-refractivity contribution in [2.24, 2.45) is 0 Å². The smallest absolute Gasteiger partial charge is 0.142 e. The number of hydrogen-bond acceptors (Lipinski definition) is 3. The molecule has 0 aromatic heterocycles. The summed E-state index contributed by atoms with van der Waals surface area (Å²) in [6.45, 7) is 4.39. The molecular formula is C14H19ClFNO2. The number of benzene rings is 1. The minimum Gasteiger partial charge on any atom is -0.491 e. The fourth-order valence-electron chi connectivity index (χ4n) is 2.11. The minimum atomic E-state index is -0.433. The third-order valence-electron chi connectivity index (χ3n) is 3.14. The molecule has 1 aromatic carbocycles. The van der Waals surface area contributed by atoms with E-state index in [-0.39, 0.29) is 17.2 Å². The molecule has 3 nitrogen and oxygen atoms in total. The molecule has 0 bridgehead atoms. The second kappa shape index (κ2) is 7.08. The van der Waals surface area contributed by atoms with E-state index in [1.54, 1.807) is 6.07 Å². The van der Waals surface area contributed by atoms with Gasteiger partial charge in [0.25, 0.3) is 0 Å². The number of halogens is 2. The molecule has 1 aromatic rings. The van der Waals surface area contributed by atoms with Crippen LogP contribution in [0.1, 0.15) is 19.8 Å². The van der Waals surface area contributed by atoms with Gasteiger partial charge in [-0.05, 0) is 31.5 Å². The van der Waals surface area contributed by atoms with E-state index in [4.69, 9.17) is 21.1 Å². The standard InChI is InChI=1S/C14H19ClFNO2/c1-2-17-8-11-3-4-12(19-11)9-18-10-5-6-14(16)13(15)7-10/h5-7,11-12,17H,2-4,8-9H2,1H3. The number of likely N-dealkylation sites (N-methyl/N-ethyl adjacent to an activating group) is 1. The molecule has 2 atom stereocenters. The van der Waals surface area contributed by atoms with Crippen molar-refractivity contribution in [2.45, 2.75) is 32.0 Å². The van der Waals surface area contributed by atoms with Crippen molar-refractivity contribution in [2.75, 3.05) is 19.7 Å². The van der Waals surface area contributed by atoms with Gasteiger partial charge in [0.05, 0.1) is 17.2 Å². The second-order valence-corrected chi connectivity index (χ2v) is 5.06. The van der Waals surface area contributed by atoms with Crippen molar-refractivity contribution in [3.63, 3.8) is 0 Å². The van der Waals surface area contributed by atoms with Crippen molar-refractivity contribution in [1.82, 2.24) is 5.32 Å². The molecule has 0 amide bonds. The van der Waals surface area contributed by atoms with Crippen molar-refractivity contribution < 1.29 is 13.9 Å². The zero-order valence-corrected chi connectivity index (χ0v) is 11.8. The minimum absolute atomic E-state index is 0.0786. The molecule has 5 heteroatoms.